The van der Waals surface area contributed by atoms with E-state index in [-0.39, 0.29) is 28.8 Å². The zero-order valence-corrected chi connectivity index (χ0v) is 16.0. The fraction of sp³-hybridized carbons (Fsp3) is 0.316. The van der Waals surface area contributed by atoms with Gasteiger partial charge in [0.15, 0.2) is 0 Å². The van der Waals surface area contributed by atoms with Gasteiger partial charge in [0, 0.05) is 30.3 Å². The first-order valence-electron chi connectivity index (χ1n) is 8.70. The van der Waals surface area contributed by atoms with Crippen LogP contribution in [0.25, 0.3) is 5.57 Å². The molecule has 4 heterocycles. The molecule has 0 saturated carbocycles. The van der Waals surface area contributed by atoms with Crippen LogP contribution >= 0.6 is 11.8 Å². The van der Waals surface area contributed by atoms with E-state index >= 15 is 0 Å². The molecule has 1 unspecified atom stereocenters. The topological polar surface area (TPSA) is 98.3 Å². The van der Waals surface area contributed by atoms with Gasteiger partial charge in [-0.15, -0.1) is 11.8 Å². The minimum atomic E-state index is -4.63. The fourth-order valence-corrected chi connectivity index (χ4v) is 4.81. The van der Waals surface area contributed by atoms with Crippen LogP contribution in [0.2, 0.25) is 0 Å². The summed E-state index contributed by atoms with van der Waals surface area (Å²) < 4.78 is 39.0. The Morgan fingerprint density at radius 3 is 2.86 bits per heavy atom. The van der Waals surface area contributed by atoms with Crippen molar-refractivity contribution in [3.63, 3.8) is 0 Å². The molecule has 29 heavy (non-hydrogen) atoms. The number of hydrogen-bond acceptors (Lipinski definition) is 6. The lowest BCUT2D eigenvalue weighted by atomic mass is 9.83. The molecule has 2 aromatic heterocycles. The van der Waals surface area contributed by atoms with Crippen molar-refractivity contribution in [3.05, 3.63) is 58.3 Å². The smallest absolute Gasteiger partial charge is 0.363 e. The number of halogens is 3. The number of nitrogens with one attached hydrogen (secondary N) is 2. The predicted molar refractivity (Wildman–Crippen MR) is 102 cm³/mol. The van der Waals surface area contributed by atoms with Crippen molar-refractivity contribution in [3.8, 4) is 6.07 Å². The Kier molecular flexibility index (Phi) is 4.58. The van der Waals surface area contributed by atoms with Crippen LogP contribution in [0.3, 0.4) is 0 Å². The summed E-state index contributed by atoms with van der Waals surface area (Å²) in [6, 6.07) is 3.83. The van der Waals surface area contributed by atoms with Crippen molar-refractivity contribution in [1.29, 1.82) is 10.7 Å². The molecule has 0 saturated heterocycles. The van der Waals surface area contributed by atoms with E-state index in [1.54, 1.807) is 24.0 Å². The molecule has 0 amide bonds. The van der Waals surface area contributed by atoms with Gasteiger partial charge < -0.3 is 5.32 Å². The average molecular weight is 416 g/mol. The Bertz CT molecular complexity index is 1070. The largest absolute Gasteiger partial charge is 0.451 e. The molecule has 0 fully saturated rings. The van der Waals surface area contributed by atoms with Crippen molar-refractivity contribution in [2.24, 2.45) is 0 Å². The molecule has 10 heteroatoms. The van der Waals surface area contributed by atoms with Crippen molar-refractivity contribution < 1.29 is 13.2 Å². The van der Waals surface area contributed by atoms with Crippen molar-refractivity contribution in [2.75, 3.05) is 0 Å². The highest BCUT2D eigenvalue weighted by Gasteiger charge is 2.43. The van der Waals surface area contributed by atoms with Crippen LogP contribution in [0.1, 0.15) is 41.6 Å². The molecule has 2 aromatic rings. The van der Waals surface area contributed by atoms with Gasteiger partial charge in [-0.2, -0.15) is 18.4 Å². The van der Waals surface area contributed by atoms with Gasteiger partial charge in [-0.3, -0.25) is 10.4 Å². The van der Waals surface area contributed by atoms with Crippen molar-refractivity contribution in [2.45, 2.75) is 36.7 Å². The van der Waals surface area contributed by atoms with E-state index in [1.807, 2.05) is 12.3 Å². The zero-order valence-electron chi connectivity index (χ0n) is 15.2. The van der Waals surface area contributed by atoms with Gasteiger partial charge in [0.1, 0.15) is 11.9 Å². The molecule has 2 N–H and O–H groups in total. The van der Waals surface area contributed by atoms with Crippen LogP contribution in [0.5, 0.6) is 0 Å². The monoisotopic (exact) mass is 416 g/mol. The van der Waals surface area contributed by atoms with Crippen LogP contribution < -0.4 is 5.32 Å². The number of thioether (sulfide) groups is 1. The second kappa shape index (κ2) is 6.84. The summed E-state index contributed by atoms with van der Waals surface area (Å²) >= 11 is 1.55. The van der Waals surface area contributed by atoms with Gasteiger partial charge in [-0.1, -0.05) is 0 Å². The molecule has 0 aromatic carbocycles. The number of hydrogen-bond donors (Lipinski definition) is 2. The average Bonchev–Trinajstić information content (AvgIpc) is 3.18. The Labute approximate surface area is 168 Å². The Balaban J connectivity index is 1.59. The van der Waals surface area contributed by atoms with E-state index in [4.69, 9.17) is 10.7 Å². The molecule has 2 atom stereocenters. The van der Waals surface area contributed by atoms with Gasteiger partial charge in [0.05, 0.1) is 22.4 Å². The van der Waals surface area contributed by atoms with E-state index in [0.717, 1.165) is 17.3 Å². The van der Waals surface area contributed by atoms with Gasteiger partial charge in [0.25, 0.3) is 0 Å². The van der Waals surface area contributed by atoms with Crippen LogP contribution in [0, 0.1) is 16.7 Å². The SMILES string of the molecule is C[C@@]1(C2CC(c3cncc(C#N)c3)=CS2)Cc2nc(C(F)(F)F)ncc2C(=N)N1. The molecule has 0 spiro atoms. The van der Waals surface area contributed by atoms with E-state index in [1.165, 1.54) is 6.20 Å². The van der Waals surface area contributed by atoms with Crippen molar-refractivity contribution >= 4 is 23.2 Å². The summed E-state index contributed by atoms with van der Waals surface area (Å²) in [6.45, 7) is 1.89. The number of rotatable bonds is 2. The van der Waals surface area contributed by atoms with E-state index in [9.17, 15) is 13.2 Å². The molecular formula is C19H15F3N6S. The molecule has 2 aliphatic rings. The molecule has 0 radical (unpaired) electrons. The summed E-state index contributed by atoms with van der Waals surface area (Å²) in [5.74, 6) is -1.17. The van der Waals surface area contributed by atoms with Gasteiger partial charge in [0.2, 0.25) is 5.82 Å². The molecule has 2 aliphatic heterocycles. The summed E-state index contributed by atoms with van der Waals surface area (Å²) in [7, 11) is 0. The fourth-order valence-electron chi connectivity index (χ4n) is 3.53. The third-order valence-electron chi connectivity index (χ3n) is 5.06. The van der Waals surface area contributed by atoms with Gasteiger partial charge in [-0.05, 0) is 36.0 Å². The highest BCUT2D eigenvalue weighted by molar-refractivity contribution is 8.03. The molecule has 0 aliphatic carbocycles. The number of nitriles is 1. The lowest BCUT2D eigenvalue weighted by Crippen LogP contribution is -2.57. The first-order valence-corrected chi connectivity index (χ1v) is 9.64. The zero-order chi connectivity index (χ0) is 20.8. The summed E-state index contributed by atoms with van der Waals surface area (Å²) in [6.07, 6.45) is 0.477. The Hall–Kier alpha value is -2.93. The minimum absolute atomic E-state index is 0.0182. The second-order valence-corrected chi connectivity index (χ2v) is 8.27. The molecule has 6 nitrogen and oxygen atoms in total. The summed E-state index contributed by atoms with van der Waals surface area (Å²) in [4.78, 5) is 11.2. The molecular weight excluding hydrogens is 401 g/mol. The van der Waals surface area contributed by atoms with Crippen molar-refractivity contribution in [1.82, 2.24) is 20.3 Å². The quantitative estimate of drug-likeness (QED) is 0.777. The molecule has 148 valence electrons. The summed E-state index contributed by atoms with van der Waals surface area (Å²) in [5, 5.41) is 22.4. The van der Waals surface area contributed by atoms with E-state index in [0.29, 0.717) is 12.0 Å². The predicted octanol–water partition coefficient (Wildman–Crippen LogP) is 3.54. The van der Waals surface area contributed by atoms with Crippen LogP contribution in [-0.4, -0.2) is 31.6 Å². The Morgan fingerprint density at radius 2 is 2.14 bits per heavy atom. The maximum atomic E-state index is 13.0. The third kappa shape index (κ3) is 3.58. The maximum Gasteiger partial charge on any atom is 0.451 e. The highest BCUT2D eigenvalue weighted by atomic mass is 32.2. The molecule has 4 rings (SSSR count). The lowest BCUT2D eigenvalue weighted by Gasteiger charge is -2.40. The number of amidine groups is 1. The number of allylic oxidation sites excluding steroid dienone is 1. The normalized spacial score (nSPS) is 23.8. The van der Waals surface area contributed by atoms with E-state index in [2.05, 4.69) is 26.3 Å². The third-order valence-corrected chi connectivity index (χ3v) is 6.50. The van der Waals surface area contributed by atoms with Gasteiger partial charge >= 0.3 is 6.18 Å². The lowest BCUT2D eigenvalue weighted by molar-refractivity contribution is -0.145. The first kappa shape index (κ1) is 19.4. The highest BCUT2D eigenvalue weighted by Crippen LogP contribution is 2.43. The number of aromatic nitrogens is 3. The minimum Gasteiger partial charge on any atom is -0.363 e. The van der Waals surface area contributed by atoms with Gasteiger partial charge in [-0.25, -0.2) is 9.97 Å². The number of fused-ring (bicyclic) bond motifs is 1. The van der Waals surface area contributed by atoms with Crippen LogP contribution in [0.15, 0.2) is 30.1 Å². The first-order chi connectivity index (χ1) is 13.7. The molecule has 0 bridgehead atoms. The summed E-state index contributed by atoms with van der Waals surface area (Å²) in [5.41, 5.74) is 2.16. The maximum absolute atomic E-state index is 13.0. The number of pyridine rings is 1. The number of nitrogens with zero attached hydrogens (tertiary/aromatic N) is 4. The van der Waals surface area contributed by atoms with Crippen LogP contribution in [0.4, 0.5) is 13.2 Å². The Morgan fingerprint density at radius 1 is 1.34 bits per heavy atom. The standard InChI is InChI=1S/C19H15F3N6S/c1-18(15-3-12(9-29-15)11-2-10(5-23)6-25-7-11)4-14-13(16(24)28-18)8-26-17(27-14)19(20,21)22/h2,6-9,15H,3-4H2,1H3,(H2,24,28)/t15?,18-/m0/s1. The number of alkyl halides is 3. The van der Waals surface area contributed by atoms with Crippen LogP contribution in [-0.2, 0) is 12.6 Å². The second-order valence-electron chi connectivity index (χ2n) is 7.19. The van der Waals surface area contributed by atoms with E-state index < -0.39 is 17.5 Å².